The zero-order valence-electron chi connectivity index (χ0n) is 8.45. The summed E-state index contributed by atoms with van der Waals surface area (Å²) in [5, 5.41) is 0. The molecular weight excluding hydrogens is 275 g/mol. The fourth-order valence-corrected chi connectivity index (χ4v) is 1.78. The highest BCUT2D eigenvalue weighted by Gasteiger charge is 2.13. The van der Waals surface area contributed by atoms with E-state index in [-0.39, 0.29) is 5.75 Å². The molecule has 16 heavy (non-hydrogen) atoms. The van der Waals surface area contributed by atoms with Gasteiger partial charge >= 0.3 is 0 Å². The van der Waals surface area contributed by atoms with Crippen molar-refractivity contribution in [1.82, 2.24) is 9.97 Å². The van der Waals surface area contributed by atoms with Crippen LogP contribution in [0.2, 0.25) is 0 Å². The monoisotopic (exact) mass is 282 g/mol. The second-order valence-electron chi connectivity index (χ2n) is 3.05. The molecule has 0 amide bonds. The maximum atomic E-state index is 13.9. The Bertz CT molecular complexity index is 519. The van der Waals surface area contributed by atoms with Gasteiger partial charge in [0.2, 0.25) is 0 Å². The van der Waals surface area contributed by atoms with Gasteiger partial charge in [0.25, 0.3) is 0 Å². The lowest BCUT2D eigenvalue weighted by Crippen LogP contribution is -1.93. The predicted molar refractivity (Wildman–Crippen MR) is 61.7 cm³/mol. The lowest BCUT2D eigenvalue weighted by Gasteiger charge is -2.07. The molecule has 1 heterocycles. The van der Waals surface area contributed by atoms with E-state index in [1.165, 1.54) is 13.4 Å². The highest BCUT2D eigenvalue weighted by molar-refractivity contribution is 9.10. The largest absolute Gasteiger partial charge is 0.494 e. The number of ether oxygens (including phenoxy) is 1. The maximum Gasteiger partial charge on any atom is 0.172 e. The van der Waals surface area contributed by atoms with Gasteiger partial charge in [-0.25, -0.2) is 14.4 Å². The van der Waals surface area contributed by atoms with Crippen LogP contribution in [0.5, 0.6) is 5.75 Å². The summed E-state index contributed by atoms with van der Waals surface area (Å²) in [6.07, 6.45) is 2.95. The van der Waals surface area contributed by atoms with Gasteiger partial charge in [-0.05, 0) is 22.0 Å². The Morgan fingerprint density at radius 1 is 1.31 bits per heavy atom. The van der Waals surface area contributed by atoms with Crippen LogP contribution in [0.15, 0.2) is 35.3 Å². The molecule has 0 spiro atoms. The summed E-state index contributed by atoms with van der Waals surface area (Å²) < 4.78 is 19.4. The SMILES string of the molecule is COc1cccc(-c2cncnc2Br)c1F. The Morgan fingerprint density at radius 2 is 2.12 bits per heavy atom. The van der Waals surface area contributed by atoms with Crippen molar-refractivity contribution in [3.63, 3.8) is 0 Å². The topological polar surface area (TPSA) is 35.0 Å². The number of benzene rings is 1. The number of methoxy groups -OCH3 is 1. The third-order valence-electron chi connectivity index (χ3n) is 2.14. The van der Waals surface area contributed by atoms with Crippen molar-refractivity contribution >= 4 is 15.9 Å². The van der Waals surface area contributed by atoms with Crippen molar-refractivity contribution in [3.8, 4) is 16.9 Å². The average molecular weight is 283 g/mol. The molecule has 0 bridgehead atoms. The van der Waals surface area contributed by atoms with Crippen molar-refractivity contribution in [2.45, 2.75) is 0 Å². The molecule has 2 rings (SSSR count). The van der Waals surface area contributed by atoms with Crippen molar-refractivity contribution < 1.29 is 9.13 Å². The van der Waals surface area contributed by atoms with E-state index in [0.717, 1.165) is 0 Å². The van der Waals surface area contributed by atoms with Crippen LogP contribution in [0.4, 0.5) is 4.39 Å². The third-order valence-corrected chi connectivity index (χ3v) is 2.77. The molecule has 2 aromatic rings. The summed E-state index contributed by atoms with van der Waals surface area (Å²) in [7, 11) is 1.43. The first kappa shape index (κ1) is 11.0. The second-order valence-corrected chi connectivity index (χ2v) is 3.80. The summed E-state index contributed by atoms with van der Waals surface area (Å²) in [6.45, 7) is 0. The van der Waals surface area contributed by atoms with Crippen molar-refractivity contribution in [3.05, 3.63) is 41.1 Å². The first-order valence-corrected chi connectivity index (χ1v) is 5.31. The van der Waals surface area contributed by atoms with Crippen LogP contribution in [-0.4, -0.2) is 17.1 Å². The summed E-state index contributed by atoms with van der Waals surface area (Å²) in [4.78, 5) is 7.82. The van der Waals surface area contributed by atoms with Gasteiger partial charge in [0.05, 0.1) is 7.11 Å². The molecule has 1 aromatic carbocycles. The second kappa shape index (κ2) is 4.57. The molecule has 0 saturated heterocycles. The van der Waals surface area contributed by atoms with E-state index in [0.29, 0.717) is 15.7 Å². The maximum absolute atomic E-state index is 13.9. The fraction of sp³-hybridized carbons (Fsp3) is 0.0909. The molecule has 3 nitrogen and oxygen atoms in total. The molecule has 0 unspecified atom stereocenters. The Labute approximate surface area is 100 Å². The van der Waals surface area contributed by atoms with Gasteiger partial charge in [-0.2, -0.15) is 0 Å². The molecule has 82 valence electrons. The van der Waals surface area contributed by atoms with Crippen LogP contribution in [0, 0.1) is 5.82 Å². The van der Waals surface area contributed by atoms with Crippen molar-refractivity contribution in [2.75, 3.05) is 7.11 Å². The van der Waals surface area contributed by atoms with E-state index >= 15 is 0 Å². The quantitative estimate of drug-likeness (QED) is 0.794. The van der Waals surface area contributed by atoms with Gasteiger partial charge in [0, 0.05) is 17.3 Å². The minimum absolute atomic E-state index is 0.202. The minimum atomic E-state index is -0.416. The molecule has 0 atom stereocenters. The third kappa shape index (κ3) is 1.90. The molecule has 0 saturated carbocycles. The summed E-state index contributed by atoms with van der Waals surface area (Å²) in [5.41, 5.74) is 1.01. The molecular formula is C11H8BrFN2O. The average Bonchev–Trinajstić information content (AvgIpc) is 2.31. The molecule has 1 aromatic heterocycles. The van der Waals surface area contributed by atoms with Gasteiger partial charge < -0.3 is 4.74 Å². The molecule has 0 N–H and O–H groups in total. The highest BCUT2D eigenvalue weighted by Crippen LogP contribution is 2.31. The lowest BCUT2D eigenvalue weighted by atomic mass is 10.1. The summed E-state index contributed by atoms with van der Waals surface area (Å²) >= 11 is 3.26. The van der Waals surface area contributed by atoms with E-state index < -0.39 is 5.82 Å². The van der Waals surface area contributed by atoms with Crippen molar-refractivity contribution in [2.24, 2.45) is 0 Å². The smallest absolute Gasteiger partial charge is 0.172 e. The Hall–Kier alpha value is -1.49. The molecule has 0 aliphatic carbocycles. The lowest BCUT2D eigenvalue weighted by molar-refractivity contribution is 0.387. The van der Waals surface area contributed by atoms with E-state index in [1.807, 2.05) is 0 Å². The van der Waals surface area contributed by atoms with Crippen LogP contribution in [0.1, 0.15) is 0 Å². The Balaban J connectivity index is 2.61. The summed E-state index contributed by atoms with van der Waals surface area (Å²) in [5.74, 6) is -0.214. The van der Waals surface area contributed by atoms with Gasteiger partial charge in [-0.1, -0.05) is 12.1 Å². The van der Waals surface area contributed by atoms with Crippen LogP contribution >= 0.6 is 15.9 Å². The number of hydrogen-bond acceptors (Lipinski definition) is 3. The van der Waals surface area contributed by atoms with Crippen molar-refractivity contribution in [1.29, 1.82) is 0 Å². The first-order valence-electron chi connectivity index (χ1n) is 4.52. The number of rotatable bonds is 2. The molecule has 0 aliphatic heterocycles. The van der Waals surface area contributed by atoms with Crippen LogP contribution < -0.4 is 4.74 Å². The summed E-state index contributed by atoms with van der Waals surface area (Å²) in [6, 6.07) is 4.94. The molecule has 0 aliphatic rings. The predicted octanol–water partition coefficient (Wildman–Crippen LogP) is 3.05. The molecule has 5 heteroatoms. The Kier molecular flexibility index (Phi) is 3.14. The number of hydrogen-bond donors (Lipinski definition) is 0. The number of halogens is 2. The fourth-order valence-electron chi connectivity index (χ4n) is 1.37. The van der Waals surface area contributed by atoms with E-state index in [4.69, 9.17) is 4.74 Å². The van der Waals surface area contributed by atoms with Gasteiger partial charge in [-0.15, -0.1) is 0 Å². The highest BCUT2D eigenvalue weighted by atomic mass is 79.9. The first-order chi connectivity index (χ1) is 7.74. The van der Waals surface area contributed by atoms with Crippen LogP contribution in [0.3, 0.4) is 0 Å². The van der Waals surface area contributed by atoms with Crippen LogP contribution in [0.25, 0.3) is 11.1 Å². The van der Waals surface area contributed by atoms with Gasteiger partial charge in [-0.3, -0.25) is 0 Å². The standard InChI is InChI=1S/C11H8BrFN2O/c1-16-9-4-2-3-7(10(9)13)8-5-14-6-15-11(8)12/h2-6H,1H3. The zero-order valence-corrected chi connectivity index (χ0v) is 10.0. The zero-order chi connectivity index (χ0) is 11.5. The van der Waals surface area contributed by atoms with Gasteiger partial charge in [0.15, 0.2) is 11.6 Å². The molecule has 0 radical (unpaired) electrons. The van der Waals surface area contributed by atoms with Gasteiger partial charge in [0.1, 0.15) is 10.9 Å². The Morgan fingerprint density at radius 3 is 2.81 bits per heavy atom. The van der Waals surface area contributed by atoms with E-state index in [1.54, 1.807) is 24.4 Å². The molecule has 0 fully saturated rings. The number of aromatic nitrogens is 2. The number of nitrogens with zero attached hydrogens (tertiary/aromatic N) is 2. The minimum Gasteiger partial charge on any atom is -0.494 e. The normalized spacial score (nSPS) is 10.2. The van der Waals surface area contributed by atoms with E-state index in [9.17, 15) is 4.39 Å². The van der Waals surface area contributed by atoms with E-state index in [2.05, 4.69) is 25.9 Å². The van der Waals surface area contributed by atoms with Crippen LogP contribution in [-0.2, 0) is 0 Å².